The Morgan fingerprint density at radius 3 is 2.69 bits per heavy atom. The van der Waals surface area contributed by atoms with Crippen molar-refractivity contribution < 1.29 is 19.1 Å². The SMILES string of the molecule is COCCNC(=O)CSc1cn(CC(=O)N2C[C@@H](C)O[C@H](C)C2)c2ccccc12. The van der Waals surface area contributed by atoms with Gasteiger partial charge in [-0.05, 0) is 19.9 Å². The number of hydrogen-bond acceptors (Lipinski definition) is 5. The van der Waals surface area contributed by atoms with Crippen LogP contribution >= 0.6 is 11.8 Å². The van der Waals surface area contributed by atoms with Crippen LogP contribution in [0.1, 0.15) is 13.8 Å². The first-order valence-corrected chi connectivity index (χ1v) is 10.9. The van der Waals surface area contributed by atoms with Gasteiger partial charge in [0.15, 0.2) is 0 Å². The number of nitrogens with one attached hydrogen (secondary N) is 1. The monoisotopic (exact) mass is 419 g/mol. The molecule has 0 bridgehead atoms. The molecule has 2 aromatic rings. The van der Waals surface area contributed by atoms with Crippen molar-refractivity contribution in [2.45, 2.75) is 37.5 Å². The number of amides is 2. The second-order valence-electron chi connectivity index (χ2n) is 7.33. The number of carbonyl (C=O) groups is 2. The fraction of sp³-hybridized carbons (Fsp3) is 0.524. The van der Waals surface area contributed by atoms with Gasteiger partial charge in [0.2, 0.25) is 11.8 Å². The third-order valence-corrected chi connectivity index (χ3v) is 5.86. The lowest BCUT2D eigenvalue weighted by molar-refractivity contribution is -0.143. The van der Waals surface area contributed by atoms with Crippen molar-refractivity contribution in [2.75, 3.05) is 39.1 Å². The van der Waals surface area contributed by atoms with Crippen LogP contribution in [0.2, 0.25) is 0 Å². The van der Waals surface area contributed by atoms with E-state index in [-0.39, 0.29) is 30.6 Å². The highest BCUT2D eigenvalue weighted by Gasteiger charge is 2.26. The summed E-state index contributed by atoms with van der Waals surface area (Å²) in [5.74, 6) is 0.377. The molecule has 2 heterocycles. The third kappa shape index (κ3) is 5.74. The van der Waals surface area contributed by atoms with Crippen molar-refractivity contribution in [1.82, 2.24) is 14.8 Å². The van der Waals surface area contributed by atoms with Crippen molar-refractivity contribution in [2.24, 2.45) is 0 Å². The number of aromatic nitrogens is 1. The Morgan fingerprint density at radius 1 is 1.24 bits per heavy atom. The van der Waals surface area contributed by atoms with Crippen molar-refractivity contribution >= 4 is 34.5 Å². The number of methoxy groups -OCH3 is 1. The van der Waals surface area contributed by atoms with E-state index < -0.39 is 0 Å². The molecule has 0 spiro atoms. The van der Waals surface area contributed by atoms with E-state index in [9.17, 15) is 9.59 Å². The largest absolute Gasteiger partial charge is 0.383 e. The zero-order valence-corrected chi connectivity index (χ0v) is 18.0. The number of carbonyl (C=O) groups excluding carboxylic acids is 2. The smallest absolute Gasteiger partial charge is 0.242 e. The molecular formula is C21H29N3O4S. The minimum atomic E-state index is -0.0313. The summed E-state index contributed by atoms with van der Waals surface area (Å²) in [6.45, 7) is 6.50. The van der Waals surface area contributed by atoms with E-state index in [0.717, 1.165) is 15.8 Å². The Morgan fingerprint density at radius 2 is 1.97 bits per heavy atom. The van der Waals surface area contributed by atoms with Gasteiger partial charge in [0.1, 0.15) is 6.54 Å². The van der Waals surface area contributed by atoms with Gasteiger partial charge in [0.05, 0.1) is 24.6 Å². The molecular weight excluding hydrogens is 390 g/mol. The number of morpholine rings is 1. The van der Waals surface area contributed by atoms with Gasteiger partial charge in [-0.3, -0.25) is 9.59 Å². The van der Waals surface area contributed by atoms with E-state index in [2.05, 4.69) is 5.32 Å². The maximum absolute atomic E-state index is 12.9. The Kier molecular flexibility index (Phi) is 7.57. The quantitative estimate of drug-likeness (QED) is 0.524. The fourth-order valence-electron chi connectivity index (χ4n) is 3.57. The van der Waals surface area contributed by atoms with Crippen LogP contribution in [-0.2, 0) is 25.6 Å². The molecule has 0 unspecified atom stereocenters. The number of para-hydroxylation sites is 1. The number of fused-ring (bicyclic) bond motifs is 1. The molecule has 1 aliphatic rings. The number of rotatable bonds is 8. The molecule has 1 aromatic carbocycles. The van der Waals surface area contributed by atoms with Crippen molar-refractivity contribution in [3.8, 4) is 0 Å². The fourth-order valence-corrected chi connectivity index (χ4v) is 4.49. The standard InChI is InChI=1S/C21H29N3O4S/c1-15-10-24(11-16(2)28-15)21(26)13-23-12-19(17-6-4-5-7-18(17)23)29-14-20(25)22-8-9-27-3/h4-7,12,15-16H,8-11,13-14H2,1-3H3,(H,22,25)/t15-,16-/m1/s1. The van der Waals surface area contributed by atoms with Gasteiger partial charge >= 0.3 is 0 Å². The lowest BCUT2D eigenvalue weighted by atomic mass is 10.2. The maximum atomic E-state index is 12.9. The molecule has 1 N–H and O–H groups in total. The summed E-state index contributed by atoms with van der Waals surface area (Å²) in [4.78, 5) is 27.8. The lowest BCUT2D eigenvalue weighted by Gasteiger charge is -2.35. The van der Waals surface area contributed by atoms with Gasteiger partial charge < -0.3 is 24.3 Å². The van der Waals surface area contributed by atoms with Gasteiger partial charge in [0.25, 0.3) is 0 Å². The Bertz CT molecular complexity index is 844. The summed E-state index contributed by atoms with van der Waals surface area (Å²) in [5.41, 5.74) is 0.998. The van der Waals surface area contributed by atoms with Crippen molar-refractivity contribution in [3.63, 3.8) is 0 Å². The molecule has 3 rings (SSSR count). The first kappa shape index (κ1) is 21.7. The minimum Gasteiger partial charge on any atom is -0.383 e. The van der Waals surface area contributed by atoms with E-state index in [1.54, 1.807) is 7.11 Å². The molecule has 1 saturated heterocycles. The number of benzene rings is 1. The van der Waals surface area contributed by atoms with E-state index in [1.807, 2.05) is 53.8 Å². The van der Waals surface area contributed by atoms with Gasteiger partial charge in [-0.2, -0.15) is 0 Å². The normalized spacial score (nSPS) is 19.5. The molecule has 2 amide bonds. The van der Waals surface area contributed by atoms with Crippen molar-refractivity contribution in [1.29, 1.82) is 0 Å². The number of hydrogen-bond donors (Lipinski definition) is 1. The first-order chi connectivity index (χ1) is 14.0. The van der Waals surface area contributed by atoms with Crippen LogP contribution in [0.15, 0.2) is 35.4 Å². The molecule has 1 aromatic heterocycles. The molecule has 1 fully saturated rings. The van der Waals surface area contributed by atoms with Crippen LogP contribution in [-0.4, -0.2) is 72.6 Å². The molecule has 158 valence electrons. The Balaban J connectivity index is 1.69. The van der Waals surface area contributed by atoms with Gasteiger partial charge in [-0.1, -0.05) is 18.2 Å². The second-order valence-corrected chi connectivity index (χ2v) is 8.34. The average molecular weight is 420 g/mol. The Labute approximate surface area is 175 Å². The molecule has 29 heavy (non-hydrogen) atoms. The van der Waals surface area contributed by atoms with Crippen LogP contribution < -0.4 is 5.32 Å². The maximum Gasteiger partial charge on any atom is 0.242 e. The molecule has 0 saturated carbocycles. The van der Waals surface area contributed by atoms with Crippen LogP contribution in [0.3, 0.4) is 0 Å². The highest BCUT2D eigenvalue weighted by Crippen LogP contribution is 2.30. The van der Waals surface area contributed by atoms with Crippen LogP contribution in [0.25, 0.3) is 10.9 Å². The Hall–Kier alpha value is -2.03. The summed E-state index contributed by atoms with van der Waals surface area (Å²) >= 11 is 1.48. The highest BCUT2D eigenvalue weighted by atomic mass is 32.2. The van der Waals surface area contributed by atoms with E-state index in [4.69, 9.17) is 9.47 Å². The minimum absolute atomic E-state index is 0.0313. The van der Waals surface area contributed by atoms with Gasteiger partial charge in [-0.15, -0.1) is 11.8 Å². The van der Waals surface area contributed by atoms with E-state index >= 15 is 0 Å². The zero-order chi connectivity index (χ0) is 20.8. The third-order valence-electron chi connectivity index (χ3n) is 4.82. The number of nitrogens with zero attached hydrogens (tertiary/aromatic N) is 2. The molecule has 0 aliphatic carbocycles. The second kappa shape index (κ2) is 10.1. The summed E-state index contributed by atoms with van der Waals surface area (Å²) < 4.78 is 12.7. The van der Waals surface area contributed by atoms with Crippen molar-refractivity contribution in [3.05, 3.63) is 30.5 Å². The first-order valence-electron chi connectivity index (χ1n) is 9.87. The summed E-state index contributed by atoms with van der Waals surface area (Å²) in [5, 5.41) is 3.88. The number of ether oxygens (including phenoxy) is 2. The topological polar surface area (TPSA) is 72.8 Å². The lowest BCUT2D eigenvalue weighted by Crippen LogP contribution is -2.49. The van der Waals surface area contributed by atoms with Gasteiger partial charge in [-0.25, -0.2) is 0 Å². The zero-order valence-electron chi connectivity index (χ0n) is 17.2. The van der Waals surface area contributed by atoms with E-state index in [1.165, 1.54) is 11.8 Å². The summed E-state index contributed by atoms with van der Waals surface area (Å²) in [7, 11) is 1.61. The predicted molar refractivity (Wildman–Crippen MR) is 114 cm³/mol. The summed E-state index contributed by atoms with van der Waals surface area (Å²) in [6.07, 6.45) is 2.07. The van der Waals surface area contributed by atoms with E-state index in [0.29, 0.717) is 32.0 Å². The predicted octanol–water partition coefficient (Wildman–Crippen LogP) is 2.13. The molecule has 7 nitrogen and oxygen atoms in total. The highest BCUT2D eigenvalue weighted by molar-refractivity contribution is 8.00. The molecule has 0 radical (unpaired) electrons. The van der Waals surface area contributed by atoms with Crippen LogP contribution in [0.4, 0.5) is 0 Å². The molecule has 2 atom stereocenters. The average Bonchev–Trinajstić information content (AvgIpc) is 3.03. The van der Waals surface area contributed by atoms with Crippen LogP contribution in [0.5, 0.6) is 0 Å². The van der Waals surface area contributed by atoms with Gasteiger partial charge in [0, 0.05) is 48.7 Å². The molecule has 1 aliphatic heterocycles. The number of thioether (sulfide) groups is 1. The van der Waals surface area contributed by atoms with Crippen LogP contribution in [0, 0.1) is 0 Å². The molecule has 8 heteroatoms. The summed E-state index contributed by atoms with van der Waals surface area (Å²) in [6, 6.07) is 7.98.